The molecule has 0 aromatic heterocycles. The second kappa shape index (κ2) is 90.3. The van der Waals surface area contributed by atoms with Crippen LogP contribution < -0.4 is 0 Å². The van der Waals surface area contributed by atoms with Crippen molar-refractivity contribution in [1.29, 1.82) is 0 Å². The highest BCUT2D eigenvalue weighted by atomic mass is 16.5. The fourth-order valence-electron chi connectivity index (χ4n) is 7.02. The van der Waals surface area contributed by atoms with Gasteiger partial charge in [-0.2, -0.15) is 0 Å². The maximum Gasteiger partial charge on any atom is 0.330 e. The van der Waals surface area contributed by atoms with Gasteiger partial charge in [-0.15, -0.1) is 0 Å². The second-order valence-electron chi connectivity index (χ2n) is 20.4. The summed E-state index contributed by atoms with van der Waals surface area (Å²) in [6, 6.07) is 0. The number of hydrogen-bond donors (Lipinski definition) is 2. The van der Waals surface area contributed by atoms with Crippen LogP contribution in [0.1, 0.15) is 196 Å². The van der Waals surface area contributed by atoms with Crippen LogP contribution in [0.4, 0.5) is 0 Å². The number of unbranched alkanes of at least 4 members (excludes halogenated alkanes) is 2. The molecule has 96 heavy (non-hydrogen) atoms. The van der Waals surface area contributed by atoms with Crippen molar-refractivity contribution in [1.82, 2.24) is 0 Å². The van der Waals surface area contributed by atoms with E-state index in [4.69, 9.17) is 19.7 Å². The first kappa shape index (κ1) is 93.5. The van der Waals surface area contributed by atoms with Gasteiger partial charge in [0.25, 0.3) is 0 Å². The van der Waals surface area contributed by atoms with Gasteiger partial charge in [-0.05, 0) is 168 Å². The number of esters is 2. The summed E-state index contributed by atoms with van der Waals surface area (Å²) in [4.78, 5) is 42.5. The Labute approximate surface area is 584 Å². The van der Waals surface area contributed by atoms with Gasteiger partial charge >= 0.3 is 23.9 Å². The van der Waals surface area contributed by atoms with Gasteiger partial charge in [-0.1, -0.05) is 319 Å². The Morgan fingerprint density at radius 1 is 0.208 bits per heavy atom. The SMILES string of the molecule is CC/C=C\C/C=C\C/C=C\C/C=C\C/C=C\C/C=C/C=C/C(=O)O.CC/C=C\C/C=C\C/C=C\C/C=C\C/C=C\C/C=C/C=C/C(=O)OCC.CC/C=C\C/C=C\C/C=C\C/C=C\CC/C=C/C=C/C(=O)O.CC/C=C\C/C=C\C/C=C\C/C=C\CC/C=C/C=C/C(=O)OCC. The van der Waals surface area contributed by atoms with Gasteiger partial charge in [0.2, 0.25) is 0 Å². The molecule has 0 amide bonds. The van der Waals surface area contributed by atoms with Gasteiger partial charge < -0.3 is 19.7 Å². The molecule has 0 aromatic carbocycles. The average molecular weight is 1310 g/mol. The lowest BCUT2D eigenvalue weighted by Gasteiger charge is -1.92. The Bertz CT molecular complexity index is 2650. The summed E-state index contributed by atoms with van der Waals surface area (Å²) >= 11 is 0. The van der Waals surface area contributed by atoms with E-state index in [2.05, 4.69) is 246 Å². The molecule has 524 valence electrons. The molecule has 0 atom stereocenters. The van der Waals surface area contributed by atoms with Crippen molar-refractivity contribution in [2.45, 2.75) is 196 Å². The lowest BCUT2D eigenvalue weighted by molar-refractivity contribution is -0.138. The molecule has 0 unspecified atom stereocenters. The molecule has 8 nitrogen and oxygen atoms in total. The van der Waals surface area contributed by atoms with Crippen molar-refractivity contribution in [2.24, 2.45) is 0 Å². The molecule has 0 aliphatic carbocycles. The van der Waals surface area contributed by atoms with Gasteiger partial charge in [0.15, 0.2) is 0 Å². The van der Waals surface area contributed by atoms with E-state index in [9.17, 15) is 19.2 Å². The van der Waals surface area contributed by atoms with Crippen molar-refractivity contribution >= 4 is 23.9 Å². The first-order chi connectivity index (χ1) is 47.2. The average Bonchev–Trinajstić information content (AvgIpc) is 3.61. The number of carbonyl (C=O) groups is 4. The van der Waals surface area contributed by atoms with Crippen LogP contribution in [0.25, 0.3) is 0 Å². The van der Waals surface area contributed by atoms with E-state index in [0.29, 0.717) is 13.2 Å². The summed E-state index contributed by atoms with van der Waals surface area (Å²) in [6.45, 7) is 13.0. The van der Waals surface area contributed by atoms with Crippen LogP contribution in [0.15, 0.2) is 316 Å². The standard InChI is InChI=1S/C24H34O2.C22H32O2.C22H30O2.C20H28O2/c1-3-5-6-7-8-9-10-11-12-13-14-15-16-17-18-19-20-21-22-23-24(25)26-4-2;1-3-5-6-7-8-9-10-11-12-13-14-15-16-17-18-19-20-21-22(23)24-4-2;1-2-3-4-5-6-7-8-9-10-11-12-13-14-15-16-17-18-19-20-21-22(23)24;1-2-3-4-5-6-7-8-9-10-11-12-13-14-15-16-17-18-19-20(21)22/h5-6,8-9,11-12,14-15,17-18,20-23H,3-4,7,10,13,16,19H2,1-2H3;5-6,8-9,11-12,14-15,18-21H,3-4,7,10,13,16-17H2,1-2H3;3-4,6-7,9-10,12-13,15-16,18-21H,2,5,8,11,14,17H2,1H3,(H,23,24);3-4,6-7,9-10,12-13,16-19H,2,5,8,11,14-15H2,1H3,(H,21,22)/b6-5-,9-8-,12-11-,15-14-,18-17-,21-20+,23-22+;6-5-,9-8-,12-11-,15-14-,19-18+,21-20+;4-3-,7-6-,10-9-,13-12-,16-15-,19-18+,21-20+;4-3-,7-6-,10-9-,13-12-,17-16+,19-18+. The Hall–Kier alpha value is -8.88. The van der Waals surface area contributed by atoms with Crippen molar-refractivity contribution in [3.05, 3.63) is 316 Å². The molecule has 0 aromatic rings. The lowest BCUT2D eigenvalue weighted by atomic mass is 10.2. The quantitative estimate of drug-likeness (QED) is 0.0203. The first-order valence-electron chi connectivity index (χ1n) is 35.0. The van der Waals surface area contributed by atoms with Crippen LogP contribution in [0, 0.1) is 0 Å². The molecule has 0 fully saturated rings. The minimum Gasteiger partial charge on any atom is -0.478 e. The van der Waals surface area contributed by atoms with Crippen LogP contribution in [0.3, 0.4) is 0 Å². The number of rotatable bonds is 52. The highest BCUT2D eigenvalue weighted by Gasteiger charge is 1.91. The van der Waals surface area contributed by atoms with Gasteiger partial charge in [-0.3, -0.25) is 0 Å². The van der Waals surface area contributed by atoms with E-state index in [1.165, 1.54) is 18.2 Å². The summed E-state index contributed by atoms with van der Waals surface area (Å²) < 4.78 is 9.57. The van der Waals surface area contributed by atoms with E-state index in [1.54, 1.807) is 44.2 Å². The van der Waals surface area contributed by atoms with Gasteiger partial charge in [0.05, 0.1) is 13.2 Å². The minimum atomic E-state index is -0.922. The predicted octanol–water partition coefficient (Wildman–Crippen LogP) is 25.1. The highest BCUT2D eigenvalue weighted by molar-refractivity contribution is 5.82. The molecular weight excluding hydrogens is 1180 g/mol. The van der Waals surface area contributed by atoms with E-state index in [1.807, 2.05) is 36.5 Å². The normalized spacial score (nSPS) is 13.1. The number of ether oxygens (including phenoxy) is 2. The molecule has 0 radical (unpaired) electrons. The third-order valence-corrected chi connectivity index (χ3v) is 11.8. The second-order valence-corrected chi connectivity index (χ2v) is 20.4. The van der Waals surface area contributed by atoms with E-state index in [-0.39, 0.29) is 11.9 Å². The molecule has 8 heteroatoms. The lowest BCUT2D eigenvalue weighted by Crippen LogP contribution is -1.98. The van der Waals surface area contributed by atoms with Crippen LogP contribution >= 0.6 is 0 Å². The Kier molecular flexibility index (Phi) is 88.0. The maximum atomic E-state index is 11.1. The van der Waals surface area contributed by atoms with Crippen LogP contribution in [-0.2, 0) is 28.7 Å². The topological polar surface area (TPSA) is 127 Å². The molecule has 0 heterocycles. The van der Waals surface area contributed by atoms with Crippen molar-refractivity contribution in [2.75, 3.05) is 13.2 Å². The third-order valence-electron chi connectivity index (χ3n) is 11.8. The van der Waals surface area contributed by atoms with Crippen molar-refractivity contribution in [3.8, 4) is 0 Å². The Morgan fingerprint density at radius 3 is 0.573 bits per heavy atom. The molecule has 0 bridgehead atoms. The number of carbonyl (C=O) groups excluding carboxylic acids is 2. The molecular formula is C88H124O8. The van der Waals surface area contributed by atoms with E-state index >= 15 is 0 Å². The molecule has 0 spiro atoms. The van der Waals surface area contributed by atoms with Crippen LogP contribution in [0.5, 0.6) is 0 Å². The van der Waals surface area contributed by atoms with Crippen molar-refractivity contribution in [3.63, 3.8) is 0 Å². The van der Waals surface area contributed by atoms with Gasteiger partial charge in [0, 0.05) is 24.3 Å². The maximum absolute atomic E-state index is 11.1. The molecule has 0 rings (SSSR count). The van der Waals surface area contributed by atoms with Crippen LogP contribution in [-0.4, -0.2) is 47.3 Å². The zero-order valence-corrected chi connectivity index (χ0v) is 59.8. The zero-order valence-electron chi connectivity index (χ0n) is 59.8. The molecule has 0 aliphatic heterocycles. The van der Waals surface area contributed by atoms with E-state index < -0.39 is 11.9 Å². The fourth-order valence-corrected chi connectivity index (χ4v) is 7.02. The van der Waals surface area contributed by atoms with E-state index in [0.717, 1.165) is 166 Å². The largest absolute Gasteiger partial charge is 0.478 e. The van der Waals surface area contributed by atoms with Crippen molar-refractivity contribution < 1.29 is 38.9 Å². The highest BCUT2D eigenvalue weighted by Crippen LogP contribution is 2.03. The predicted molar refractivity (Wildman–Crippen MR) is 420 cm³/mol. The van der Waals surface area contributed by atoms with Gasteiger partial charge in [-0.25, -0.2) is 19.2 Å². The molecule has 0 saturated carbocycles. The summed E-state index contributed by atoms with van der Waals surface area (Å²) in [5.41, 5.74) is 0. The smallest absolute Gasteiger partial charge is 0.330 e. The number of carboxylic acids is 2. The first-order valence-corrected chi connectivity index (χ1v) is 35.0. The molecule has 0 aliphatic rings. The zero-order chi connectivity index (χ0) is 70.9. The number of aliphatic carboxylic acids is 2. The monoisotopic (exact) mass is 1310 g/mol. The number of carboxylic acid groups (broad SMARTS) is 2. The minimum absolute atomic E-state index is 0.291. The molecule has 0 saturated heterocycles. The Morgan fingerprint density at radius 2 is 0.375 bits per heavy atom. The third kappa shape index (κ3) is 101. The summed E-state index contributed by atoms with van der Waals surface area (Å²) in [7, 11) is 0. The number of allylic oxidation sites excluding steroid dienone is 48. The number of hydrogen-bond acceptors (Lipinski definition) is 6. The summed E-state index contributed by atoms with van der Waals surface area (Å²) in [5, 5.41) is 16.8. The van der Waals surface area contributed by atoms with Crippen LogP contribution in [0.2, 0.25) is 0 Å². The Balaban J connectivity index is -0.000000589. The molecule has 2 N–H and O–H groups in total. The summed E-state index contributed by atoms with van der Waals surface area (Å²) in [6.07, 6.45) is 129. The summed E-state index contributed by atoms with van der Waals surface area (Å²) in [5.74, 6) is -2.42. The van der Waals surface area contributed by atoms with Gasteiger partial charge in [0.1, 0.15) is 0 Å². The fraction of sp³-hybridized carbons (Fsp3) is 0.364.